The Morgan fingerprint density at radius 3 is 2.60 bits per heavy atom. The summed E-state index contributed by atoms with van der Waals surface area (Å²) in [6.07, 6.45) is 5.30. The zero-order valence-corrected chi connectivity index (χ0v) is 9.85. The number of thioether (sulfide) groups is 1. The molecular formula is C13H16OS. The van der Waals surface area contributed by atoms with E-state index in [-0.39, 0.29) is 5.78 Å². The molecular weight excluding hydrogens is 204 g/mol. The lowest BCUT2D eigenvalue weighted by molar-refractivity contribution is 0.101. The van der Waals surface area contributed by atoms with E-state index in [1.165, 1.54) is 25.7 Å². The lowest BCUT2D eigenvalue weighted by Crippen LogP contribution is -1.99. The van der Waals surface area contributed by atoms with Crippen molar-refractivity contribution in [1.29, 1.82) is 0 Å². The largest absolute Gasteiger partial charge is 0.294 e. The van der Waals surface area contributed by atoms with Crippen LogP contribution in [0.15, 0.2) is 29.2 Å². The van der Waals surface area contributed by atoms with Gasteiger partial charge in [-0.05, 0) is 25.8 Å². The summed E-state index contributed by atoms with van der Waals surface area (Å²) >= 11 is 1.89. The number of Topliss-reactive ketones (excluding diaryl/α,β-unsaturated/α-hetero) is 1. The normalized spacial score (nSPS) is 16.9. The molecule has 0 saturated heterocycles. The number of hydrogen-bond donors (Lipinski definition) is 0. The van der Waals surface area contributed by atoms with Gasteiger partial charge in [-0.15, -0.1) is 11.8 Å². The molecule has 0 heterocycles. The Hall–Kier alpha value is -0.760. The first kappa shape index (κ1) is 10.7. The minimum atomic E-state index is 0.177. The van der Waals surface area contributed by atoms with E-state index in [2.05, 4.69) is 6.07 Å². The van der Waals surface area contributed by atoms with Gasteiger partial charge in [-0.2, -0.15) is 0 Å². The highest BCUT2D eigenvalue weighted by atomic mass is 32.2. The summed E-state index contributed by atoms with van der Waals surface area (Å²) < 4.78 is 0. The number of carbonyl (C=O) groups excluding carboxylic acids is 1. The third-order valence-electron chi connectivity index (χ3n) is 2.86. The van der Waals surface area contributed by atoms with E-state index in [1.807, 2.05) is 30.0 Å². The van der Waals surface area contributed by atoms with Gasteiger partial charge >= 0.3 is 0 Å². The first-order chi connectivity index (χ1) is 7.27. The smallest absolute Gasteiger partial charge is 0.160 e. The van der Waals surface area contributed by atoms with Crippen molar-refractivity contribution in [2.24, 2.45) is 0 Å². The maximum absolute atomic E-state index is 11.4. The van der Waals surface area contributed by atoms with Gasteiger partial charge < -0.3 is 0 Å². The highest BCUT2D eigenvalue weighted by molar-refractivity contribution is 8.00. The number of rotatable bonds is 3. The standard InChI is InChI=1S/C13H16OS/c1-10(14)12-8-4-5-9-13(12)15-11-6-2-3-7-11/h4-5,8-9,11H,2-3,6-7H2,1H3. The van der Waals surface area contributed by atoms with E-state index >= 15 is 0 Å². The van der Waals surface area contributed by atoms with E-state index in [0.29, 0.717) is 0 Å². The van der Waals surface area contributed by atoms with Crippen LogP contribution in [-0.4, -0.2) is 11.0 Å². The van der Waals surface area contributed by atoms with Crippen molar-refractivity contribution in [3.05, 3.63) is 29.8 Å². The molecule has 1 fully saturated rings. The minimum Gasteiger partial charge on any atom is -0.294 e. The molecule has 1 nitrogen and oxygen atoms in total. The van der Waals surface area contributed by atoms with Gasteiger partial charge in [-0.3, -0.25) is 4.79 Å². The lowest BCUT2D eigenvalue weighted by Gasteiger charge is -2.11. The first-order valence-corrected chi connectivity index (χ1v) is 6.42. The number of benzene rings is 1. The fourth-order valence-corrected chi connectivity index (χ4v) is 3.47. The molecule has 1 aliphatic carbocycles. The molecule has 80 valence electrons. The molecule has 0 aliphatic heterocycles. The van der Waals surface area contributed by atoms with E-state index < -0.39 is 0 Å². The Morgan fingerprint density at radius 2 is 1.93 bits per heavy atom. The summed E-state index contributed by atoms with van der Waals surface area (Å²) in [5, 5.41) is 0.727. The third-order valence-corrected chi connectivity index (χ3v) is 4.28. The number of ketones is 1. The third kappa shape index (κ3) is 2.63. The van der Waals surface area contributed by atoms with Gasteiger partial charge in [-0.1, -0.05) is 31.0 Å². The molecule has 1 saturated carbocycles. The van der Waals surface area contributed by atoms with Crippen molar-refractivity contribution in [2.75, 3.05) is 0 Å². The van der Waals surface area contributed by atoms with Crippen molar-refractivity contribution in [2.45, 2.75) is 42.8 Å². The zero-order valence-electron chi connectivity index (χ0n) is 9.03. The highest BCUT2D eigenvalue weighted by Crippen LogP contribution is 2.36. The second-order valence-electron chi connectivity index (χ2n) is 4.08. The van der Waals surface area contributed by atoms with Gasteiger partial charge in [0.1, 0.15) is 0 Å². The topological polar surface area (TPSA) is 17.1 Å². The summed E-state index contributed by atoms with van der Waals surface area (Å²) in [6, 6.07) is 7.96. The highest BCUT2D eigenvalue weighted by Gasteiger charge is 2.18. The van der Waals surface area contributed by atoms with Crippen molar-refractivity contribution in [1.82, 2.24) is 0 Å². The fourth-order valence-electron chi connectivity index (χ4n) is 2.05. The molecule has 1 aliphatic rings. The predicted molar refractivity (Wildman–Crippen MR) is 64.6 cm³/mol. The Labute approximate surface area is 95.3 Å². The Bertz CT molecular complexity index is 353. The van der Waals surface area contributed by atoms with E-state index in [1.54, 1.807) is 6.92 Å². The van der Waals surface area contributed by atoms with Crippen LogP contribution >= 0.6 is 11.8 Å². The van der Waals surface area contributed by atoms with E-state index in [4.69, 9.17) is 0 Å². The van der Waals surface area contributed by atoms with Crippen molar-refractivity contribution >= 4 is 17.5 Å². The molecule has 2 rings (SSSR count). The number of carbonyl (C=O) groups is 1. The molecule has 15 heavy (non-hydrogen) atoms. The van der Waals surface area contributed by atoms with Crippen LogP contribution in [-0.2, 0) is 0 Å². The molecule has 0 spiro atoms. The quantitative estimate of drug-likeness (QED) is 0.718. The average Bonchev–Trinajstić information content (AvgIpc) is 2.71. The van der Waals surface area contributed by atoms with Crippen molar-refractivity contribution in [3.8, 4) is 0 Å². The molecule has 0 amide bonds. The summed E-state index contributed by atoms with van der Waals surface area (Å²) in [4.78, 5) is 12.6. The maximum atomic E-state index is 11.4. The van der Waals surface area contributed by atoms with Gasteiger partial charge in [0, 0.05) is 15.7 Å². The van der Waals surface area contributed by atoms with Crippen LogP contribution in [0.5, 0.6) is 0 Å². The second kappa shape index (κ2) is 4.84. The Morgan fingerprint density at radius 1 is 1.27 bits per heavy atom. The van der Waals surface area contributed by atoms with Crippen LogP contribution in [0, 0.1) is 0 Å². The molecule has 2 heteroatoms. The molecule has 1 aromatic rings. The lowest BCUT2D eigenvalue weighted by atomic mass is 10.1. The van der Waals surface area contributed by atoms with Crippen LogP contribution in [0.25, 0.3) is 0 Å². The van der Waals surface area contributed by atoms with Crippen LogP contribution in [0.3, 0.4) is 0 Å². The maximum Gasteiger partial charge on any atom is 0.160 e. The van der Waals surface area contributed by atoms with E-state index in [0.717, 1.165) is 15.7 Å². The van der Waals surface area contributed by atoms with Gasteiger partial charge in [-0.25, -0.2) is 0 Å². The molecule has 0 aromatic heterocycles. The van der Waals surface area contributed by atoms with E-state index in [9.17, 15) is 4.79 Å². The average molecular weight is 220 g/mol. The van der Waals surface area contributed by atoms with Gasteiger partial charge in [0.25, 0.3) is 0 Å². The molecule has 0 atom stereocenters. The molecule has 0 bridgehead atoms. The van der Waals surface area contributed by atoms with Crippen molar-refractivity contribution < 1.29 is 4.79 Å². The zero-order chi connectivity index (χ0) is 10.7. The fraction of sp³-hybridized carbons (Fsp3) is 0.462. The summed E-state index contributed by atoms with van der Waals surface area (Å²) in [5.41, 5.74) is 0.884. The summed E-state index contributed by atoms with van der Waals surface area (Å²) in [7, 11) is 0. The SMILES string of the molecule is CC(=O)c1ccccc1SC1CCCC1. The van der Waals surface area contributed by atoms with Crippen LogP contribution in [0.2, 0.25) is 0 Å². The predicted octanol–water partition coefficient (Wildman–Crippen LogP) is 3.92. The summed E-state index contributed by atoms with van der Waals surface area (Å²) in [6.45, 7) is 1.65. The van der Waals surface area contributed by atoms with Gasteiger partial charge in [0.05, 0.1) is 0 Å². The Kier molecular flexibility index (Phi) is 3.47. The Balaban J connectivity index is 2.15. The van der Waals surface area contributed by atoms with Crippen LogP contribution in [0.4, 0.5) is 0 Å². The molecule has 0 radical (unpaired) electrons. The van der Waals surface area contributed by atoms with Crippen molar-refractivity contribution in [3.63, 3.8) is 0 Å². The van der Waals surface area contributed by atoms with Gasteiger partial charge in [0.2, 0.25) is 0 Å². The minimum absolute atomic E-state index is 0.177. The first-order valence-electron chi connectivity index (χ1n) is 5.54. The molecule has 0 unspecified atom stereocenters. The molecule has 0 N–H and O–H groups in total. The second-order valence-corrected chi connectivity index (χ2v) is 5.42. The van der Waals surface area contributed by atoms with Crippen LogP contribution < -0.4 is 0 Å². The number of hydrogen-bond acceptors (Lipinski definition) is 2. The monoisotopic (exact) mass is 220 g/mol. The van der Waals surface area contributed by atoms with Gasteiger partial charge in [0.15, 0.2) is 5.78 Å². The van der Waals surface area contributed by atoms with Crippen LogP contribution in [0.1, 0.15) is 43.0 Å². The molecule has 1 aromatic carbocycles. The summed E-state index contributed by atoms with van der Waals surface area (Å²) in [5.74, 6) is 0.177.